The molecule has 0 aliphatic heterocycles. The number of ether oxygens (including phenoxy) is 3. The van der Waals surface area contributed by atoms with E-state index < -0.39 is 5.91 Å². The average Bonchev–Trinajstić information content (AvgIpc) is 2.96. The van der Waals surface area contributed by atoms with Gasteiger partial charge in [-0.1, -0.05) is 53.6 Å². The van der Waals surface area contributed by atoms with Gasteiger partial charge in [0.1, 0.15) is 36.4 Å². The third-order valence-corrected chi connectivity index (χ3v) is 6.14. The summed E-state index contributed by atoms with van der Waals surface area (Å²) in [6, 6.07) is 26.0. The highest BCUT2D eigenvalue weighted by Crippen LogP contribution is 2.37. The van der Waals surface area contributed by atoms with Crippen LogP contribution in [0.3, 0.4) is 0 Å². The molecule has 0 aromatic heterocycles. The number of nitriles is 1. The van der Waals surface area contributed by atoms with E-state index >= 15 is 0 Å². The molecule has 4 rings (SSSR count). The lowest BCUT2D eigenvalue weighted by Gasteiger charge is -2.14. The first-order valence-electron chi connectivity index (χ1n) is 12.3. The number of hydrogen-bond donors (Lipinski definition) is 1. The third kappa shape index (κ3) is 7.62. The molecule has 0 radical (unpaired) electrons. The number of hydrogen-bond acceptors (Lipinski definition) is 5. The molecule has 0 saturated carbocycles. The standard InChI is InChI=1S/C32H26ClFN2O4/c1-21-3-5-22(6-4-21)19-39-28-13-11-27(12-14-28)36-32(37)25(18-35)15-24-16-29(33)31(30(17-24)38-2)40-20-23-7-9-26(34)10-8-23/h3-17H,19-20H2,1-2H3,(H,36,37)/b25-15+. The summed E-state index contributed by atoms with van der Waals surface area (Å²) in [6.45, 7) is 2.60. The zero-order valence-electron chi connectivity index (χ0n) is 21.9. The van der Waals surface area contributed by atoms with Crippen LogP contribution in [0.5, 0.6) is 17.2 Å². The van der Waals surface area contributed by atoms with E-state index in [-0.39, 0.29) is 23.0 Å². The van der Waals surface area contributed by atoms with Gasteiger partial charge in [0.15, 0.2) is 11.5 Å². The van der Waals surface area contributed by atoms with Crippen molar-refractivity contribution < 1.29 is 23.4 Å². The van der Waals surface area contributed by atoms with Crippen molar-refractivity contribution >= 4 is 29.3 Å². The molecule has 0 saturated heterocycles. The van der Waals surface area contributed by atoms with Crippen molar-refractivity contribution in [1.82, 2.24) is 0 Å². The summed E-state index contributed by atoms with van der Waals surface area (Å²) in [5.41, 5.74) is 3.84. The van der Waals surface area contributed by atoms with E-state index in [4.69, 9.17) is 25.8 Å². The monoisotopic (exact) mass is 556 g/mol. The van der Waals surface area contributed by atoms with Crippen LogP contribution in [0, 0.1) is 24.1 Å². The number of halogens is 2. The Morgan fingerprint density at radius 3 is 2.20 bits per heavy atom. The molecule has 0 atom stereocenters. The van der Waals surface area contributed by atoms with Crippen molar-refractivity contribution in [3.05, 3.63) is 124 Å². The van der Waals surface area contributed by atoms with Gasteiger partial charge in [0.2, 0.25) is 0 Å². The molecule has 40 heavy (non-hydrogen) atoms. The second kappa shape index (κ2) is 13.3. The smallest absolute Gasteiger partial charge is 0.266 e. The number of nitrogens with zero attached hydrogens (tertiary/aromatic N) is 1. The van der Waals surface area contributed by atoms with E-state index in [0.29, 0.717) is 35.1 Å². The van der Waals surface area contributed by atoms with Crippen LogP contribution in [0.4, 0.5) is 10.1 Å². The van der Waals surface area contributed by atoms with Gasteiger partial charge >= 0.3 is 0 Å². The maximum Gasteiger partial charge on any atom is 0.266 e. The molecule has 202 valence electrons. The highest BCUT2D eigenvalue weighted by molar-refractivity contribution is 6.32. The molecule has 6 nitrogen and oxygen atoms in total. The van der Waals surface area contributed by atoms with Gasteiger partial charge in [-0.3, -0.25) is 4.79 Å². The first-order valence-corrected chi connectivity index (χ1v) is 12.7. The molecule has 1 amide bonds. The quantitative estimate of drug-likeness (QED) is 0.161. The minimum Gasteiger partial charge on any atom is -0.493 e. The molecule has 0 bridgehead atoms. The Morgan fingerprint density at radius 1 is 0.950 bits per heavy atom. The Bertz CT molecular complexity index is 1540. The Balaban J connectivity index is 1.41. The van der Waals surface area contributed by atoms with Gasteiger partial charge in [-0.2, -0.15) is 5.26 Å². The first kappa shape index (κ1) is 28.2. The van der Waals surface area contributed by atoms with Crippen molar-refractivity contribution in [1.29, 1.82) is 5.26 Å². The van der Waals surface area contributed by atoms with Gasteiger partial charge in [0.25, 0.3) is 5.91 Å². The van der Waals surface area contributed by atoms with Crippen molar-refractivity contribution in [2.45, 2.75) is 20.1 Å². The normalized spacial score (nSPS) is 10.9. The molecule has 0 spiro atoms. The fraction of sp³-hybridized carbons (Fsp3) is 0.125. The molecular weight excluding hydrogens is 531 g/mol. The number of rotatable bonds is 10. The molecule has 0 fully saturated rings. The maximum atomic E-state index is 13.2. The summed E-state index contributed by atoms with van der Waals surface area (Å²) in [6.07, 6.45) is 1.41. The predicted octanol–water partition coefficient (Wildman–Crippen LogP) is 7.50. The fourth-order valence-corrected chi connectivity index (χ4v) is 3.97. The van der Waals surface area contributed by atoms with Crippen molar-refractivity contribution in [3.8, 4) is 23.3 Å². The zero-order valence-corrected chi connectivity index (χ0v) is 22.7. The molecule has 0 unspecified atom stereocenters. The van der Waals surface area contributed by atoms with Crippen LogP contribution in [-0.2, 0) is 18.0 Å². The Labute approximate surface area is 237 Å². The lowest BCUT2D eigenvalue weighted by molar-refractivity contribution is -0.112. The maximum absolute atomic E-state index is 13.2. The van der Waals surface area contributed by atoms with E-state index in [2.05, 4.69) is 5.32 Å². The summed E-state index contributed by atoms with van der Waals surface area (Å²) in [5, 5.41) is 12.6. The fourth-order valence-electron chi connectivity index (χ4n) is 3.70. The molecular formula is C32H26ClFN2O4. The molecule has 0 aliphatic rings. The summed E-state index contributed by atoms with van der Waals surface area (Å²) in [5.74, 6) is 0.339. The average molecular weight is 557 g/mol. The van der Waals surface area contributed by atoms with Gasteiger partial charge < -0.3 is 19.5 Å². The van der Waals surface area contributed by atoms with Crippen LogP contribution < -0.4 is 19.5 Å². The lowest BCUT2D eigenvalue weighted by atomic mass is 10.1. The van der Waals surface area contributed by atoms with Gasteiger partial charge in [0, 0.05) is 5.69 Å². The summed E-state index contributed by atoms with van der Waals surface area (Å²) in [4.78, 5) is 12.8. The predicted molar refractivity (Wildman–Crippen MR) is 153 cm³/mol. The van der Waals surface area contributed by atoms with Gasteiger partial charge in [-0.15, -0.1) is 0 Å². The van der Waals surface area contributed by atoms with Gasteiger partial charge in [-0.25, -0.2) is 4.39 Å². The highest BCUT2D eigenvalue weighted by atomic mass is 35.5. The first-order chi connectivity index (χ1) is 19.3. The van der Waals surface area contributed by atoms with Crippen molar-refractivity contribution in [2.24, 2.45) is 0 Å². The minimum absolute atomic E-state index is 0.127. The molecule has 8 heteroatoms. The summed E-state index contributed by atoms with van der Waals surface area (Å²) >= 11 is 6.44. The van der Waals surface area contributed by atoms with Crippen LogP contribution in [0.15, 0.2) is 90.5 Å². The van der Waals surface area contributed by atoms with E-state index in [9.17, 15) is 14.4 Å². The Kier molecular flexibility index (Phi) is 9.39. The highest BCUT2D eigenvalue weighted by Gasteiger charge is 2.15. The number of nitrogens with one attached hydrogen (secondary N) is 1. The number of amides is 1. The van der Waals surface area contributed by atoms with Crippen LogP contribution in [-0.4, -0.2) is 13.0 Å². The van der Waals surface area contributed by atoms with Gasteiger partial charge in [0.05, 0.1) is 12.1 Å². The topological polar surface area (TPSA) is 80.6 Å². The second-order valence-electron chi connectivity index (χ2n) is 8.87. The molecule has 0 aliphatic carbocycles. The second-order valence-corrected chi connectivity index (χ2v) is 9.28. The number of methoxy groups -OCH3 is 1. The Hall–Kier alpha value is -4.80. The Morgan fingerprint density at radius 2 is 1.57 bits per heavy atom. The largest absolute Gasteiger partial charge is 0.493 e. The van der Waals surface area contributed by atoms with Gasteiger partial charge in [-0.05, 0) is 78.2 Å². The molecule has 4 aromatic rings. The molecule has 0 heterocycles. The number of aryl methyl sites for hydroxylation is 1. The van der Waals surface area contributed by atoms with E-state index in [1.807, 2.05) is 37.3 Å². The van der Waals surface area contributed by atoms with Crippen LogP contribution in [0.2, 0.25) is 5.02 Å². The number of anilines is 1. The minimum atomic E-state index is -0.581. The van der Waals surface area contributed by atoms with Crippen molar-refractivity contribution in [2.75, 3.05) is 12.4 Å². The number of benzene rings is 4. The zero-order chi connectivity index (χ0) is 28.5. The SMILES string of the molecule is COc1cc(/C=C(\C#N)C(=O)Nc2ccc(OCc3ccc(C)cc3)cc2)cc(Cl)c1OCc1ccc(F)cc1. The summed E-state index contributed by atoms with van der Waals surface area (Å²) in [7, 11) is 1.45. The molecule has 1 N–H and O–H groups in total. The summed E-state index contributed by atoms with van der Waals surface area (Å²) < 4.78 is 30.2. The van der Waals surface area contributed by atoms with E-state index in [1.54, 1.807) is 48.5 Å². The van der Waals surface area contributed by atoms with E-state index in [0.717, 1.165) is 11.1 Å². The van der Waals surface area contributed by atoms with Crippen molar-refractivity contribution in [3.63, 3.8) is 0 Å². The van der Waals surface area contributed by atoms with Crippen LogP contribution in [0.1, 0.15) is 22.3 Å². The van der Waals surface area contributed by atoms with Crippen LogP contribution >= 0.6 is 11.6 Å². The van der Waals surface area contributed by atoms with E-state index in [1.165, 1.54) is 30.9 Å². The third-order valence-electron chi connectivity index (χ3n) is 5.86. The lowest BCUT2D eigenvalue weighted by Crippen LogP contribution is -2.13. The molecule has 4 aromatic carbocycles. The van der Waals surface area contributed by atoms with Crippen LogP contribution in [0.25, 0.3) is 6.08 Å². The number of carbonyl (C=O) groups excluding carboxylic acids is 1. The number of carbonyl (C=O) groups is 1.